The second-order valence-electron chi connectivity index (χ2n) is 8.91. The predicted molar refractivity (Wildman–Crippen MR) is 110 cm³/mol. The average molecular weight is 385 g/mol. The summed E-state index contributed by atoms with van der Waals surface area (Å²) in [6, 6.07) is 8.04. The van der Waals surface area contributed by atoms with Crippen LogP contribution >= 0.6 is 11.3 Å². The van der Waals surface area contributed by atoms with Gasteiger partial charge in [-0.3, -0.25) is 4.79 Å². The summed E-state index contributed by atoms with van der Waals surface area (Å²) in [7, 11) is 1.67. The van der Waals surface area contributed by atoms with Crippen LogP contribution in [0.15, 0.2) is 24.3 Å². The van der Waals surface area contributed by atoms with Crippen molar-refractivity contribution in [2.75, 3.05) is 12.4 Å². The standard InChI is InChI=1S/C22H28N2O2S/c1-22(2,3)14-7-10-18-19(11-14)27-21(23-18)24-20(25)17-12-16(17)13-5-8-15(26-4)9-6-13/h5-6,8-9,14,16-17H,7,10-12H2,1-4H3,(H,23,24,25). The summed E-state index contributed by atoms with van der Waals surface area (Å²) in [5.41, 5.74) is 2.73. The van der Waals surface area contributed by atoms with Gasteiger partial charge in [0.2, 0.25) is 5.91 Å². The molecule has 1 aromatic carbocycles. The number of carbonyl (C=O) groups is 1. The van der Waals surface area contributed by atoms with Crippen molar-refractivity contribution in [3.05, 3.63) is 40.4 Å². The van der Waals surface area contributed by atoms with Crippen LogP contribution in [0.2, 0.25) is 0 Å². The number of amides is 1. The van der Waals surface area contributed by atoms with Crippen LogP contribution in [0.5, 0.6) is 5.75 Å². The second kappa shape index (κ2) is 6.93. The van der Waals surface area contributed by atoms with Gasteiger partial charge in [-0.2, -0.15) is 0 Å². The van der Waals surface area contributed by atoms with E-state index in [1.807, 2.05) is 12.1 Å². The minimum Gasteiger partial charge on any atom is -0.497 e. The van der Waals surface area contributed by atoms with Crippen LogP contribution in [0.4, 0.5) is 5.13 Å². The molecule has 0 spiro atoms. The number of nitrogens with one attached hydrogen (secondary N) is 1. The fraction of sp³-hybridized carbons (Fsp3) is 0.545. The Labute approximate surface area is 165 Å². The first kappa shape index (κ1) is 18.5. The molecule has 3 unspecified atom stereocenters. The van der Waals surface area contributed by atoms with Gasteiger partial charge in [0.15, 0.2) is 5.13 Å². The van der Waals surface area contributed by atoms with E-state index in [9.17, 15) is 4.79 Å². The normalized spacial score (nSPS) is 24.2. The molecule has 3 atom stereocenters. The van der Waals surface area contributed by atoms with E-state index in [1.54, 1.807) is 18.4 Å². The molecular weight excluding hydrogens is 356 g/mol. The van der Waals surface area contributed by atoms with Gasteiger partial charge in [-0.05, 0) is 60.6 Å². The van der Waals surface area contributed by atoms with Gasteiger partial charge in [0.1, 0.15) is 5.75 Å². The fourth-order valence-electron chi connectivity index (χ4n) is 4.07. The van der Waals surface area contributed by atoms with Crippen LogP contribution in [0.3, 0.4) is 0 Å². The van der Waals surface area contributed by atoms with E-state index in [-0.39, 0.29) is 11.8 Å². The molecule has 1 fully saturated rings. The molecule has 0 aliphatic heterocycles. The third-order valence-electron chi connectivity index (χ3n) is 6.07. The predicted octanol–water partition coefficient (Wildman–Crippen LogP) is 5.04. The van der Waals surface area contributed by atoms with Crippen molar-refractivity contribution in [2.24, 2.45) is 17.3 Å². The summed E-state index contributed by atoms with van der Waals surface area (Å²) in [6.07, 6.45) is 4.22. The Bertz CT molecular complexity index is 835. The van der Waals surface area contributed by atoms with Gasteiger partial charge in [-0.15, -0.1) is 11.3 Å². The molecule has 2 aromatic rings. The van der Waals surface area contributed by atoms with Crippen molar-refractivity contribution in [3.8, 4) is 5.75 Å². The van der Waals surface area contributed by atoms with Crippen molar-refractivity contribution in [1.82, 2.24) is 4.98 Å². The highest BCUT2D eigenvalue weighted by Gasteiger charge is 2.44. The third-order valence-corrected chi connectivity index (χ3v) is 7.10. The Morgan fingerprint density at radius 3 is 2.67 bits per heavy atom. The van der Waals surface area contributed by atoms with E-state index >= 15 is 0 Å². The first-order chi connectivity index (χ1) is 12.8. The smallest absolute Gasteiger partial charge is 0.229 e. The second-order valence-corrected chi connectivity index (χ2v) is 9.99. The van der Waals surface area contributed by atoms with Gasteiger partial charge in [0.05, 0.1) is 12.8 Å². The minimum absolute atomic E-state index is 0.0571. The van der Waals surface area contributed by atoms with Crippen molar-refractivity contribution in [3.63, 3.8) is 0 Å². The summed E-state index contributed by atoms with van der Waals surface area (Å²) >= 11 is 1.67. The summed E-state index contributed by atoms with van der Waals surface area (Å²) < 4.78 is 5.20. The molecule has 4 nitrogen and oxygen atoms in total. The molecule has 1 saturated carbocycles. The number of fused-ring (bicyclic) bond motifs is 1. The maximum absolute atomic E-state index is 12.6. The highest BCUT2D eigenvalue weighted by atomic mass is 32.1. The Kier molecular flexibility index (Phi) is 4.75. The van der Waals surface area contributed by atoms with Gasteiger partial charge in [0, 0.05) is 10.8 Å². The summed E-state index contributed by atoms with van der Waals surface area (Å²) in [5, 5.41) is 3.86. The number of methoxy groups -OCH3 is 1. The van der Waals surface area contributed by atoms with E-state index in [0.29, 0.717) is 17.3 Å². The van der Waals surface area contributed by atoms with Crippen LogP contribution < -0.4 is 10.1 Å². The zero-order valence-electron chi connectivity index (χ0n) is 16.5. The van der Waals surface area contributed by atoms with Crippen LogP contribution in [0, 0.1) is 17.3 Å². The number of benzene rings is 1. The maximum Gasteiger partial charge on any atom is 0.229 e. The molecule has 5 heteroatoms. The van der Waals surface area contributed by atoms with Gasteiger partial charge >= 0.3 is 0 Å². The van der Waals surface area contributed by atoms with E-state index in [1.165, 1.54) is 22.6 Å². The summed E-state index contributed by atoms with van der Waals surface area (Å²) in [6.45, 7) is 6.95. The molecule has 144 valence electrons. The lowest BCUT2D eigenvalue weighted by molar-refractivity contribution is -0.117. The Morgan fingerprint density at radius 2 is 2.00 bits per heavy atom. The molecule has 2 aliphatic carbocycles. The number of hydrogen-bond acceptors (Lipinski definition) is 4. The van der Waals surface area contributed by atoms with Crippen molar-refractivity contribution in [1.29, 1.82) is 0 Å². The van der Waals surface area contributed by atoms with E-state index in [4.69, 9.17) is 9.72 Å². The maximum atomic E-state index is 12.6. The Hall–Kier alpha value is -1.88. The molecule has 27 heavy (non-hydrogen) atoms. The quantitative estimate of drug-likeness (QED) is 0.803. The first-order valence-corrected chi connectivity index (χ1v) is 10.6. The van der Waals surface area contributed by atoms with Gasteiger partial charge < -0.3 is 10.1 Å². The van der Waals surface area contributed by atoms with Gasteiger partial charge in [0.25, 0.3) is 0 Å². The Balaban J connectivity index is 1.38. The third kappa shape index (κ3) is 3.88. The number of thiazole rings is 1. The summed E-state index contributed by atoms with van der Waals surface area (Å²) in [4.78, 5) is 18.7. The Morgan fingerprint density at radius 1 is 1.26 bits per heavy atom. The zero-order chi connectivity index (χ0) is 19.2. The number of hydrogen-bond donors (Lipinski definition) is 1. The topological polar surface area (TPSA) is 51.2 Å². The number of aryl methyl sites for hydroxylation is 1. The van der Waals surface area contributed by atoms with Crippen LogP contribution in [-0.4, -0.2) is 18.0 Å². The van der Waals surface area contributed by atoms with E-state index < -0.39 is 0 Å². The van der Waals surface area contributed by atoms with Crippen LogP contribution in [0.1, 0.15) is 55.7 Å². The lowest BCUT2D eigenvalue weighted by Gasteiger charge is -2.33. The molecule has 1 aromatic heterocycles. The molecular formula is C22H28N2O2S. The minimum atomic E-state index is 0.0571. The molecule has 2 aliphatic rings. The highest BCUT2D eigenvalue weighted by molar-refractivity contribution is 7.15. The molecule has 0 radical (unpaired) electrons. The number of anilines is 1. The monoisotopic (exact) mass is 384 g/mol. The van der Waals surface area contributed by atoms with Gasteiger partial charge in [-0.25, -0.2) is 4.98 Å². The van der Waals surface area contributed by atoms with Crippen molar-refractivity contribution >= 4 is 22.4 Å². The molecule has 4 rings (SSSR count). The first-order valence-electron chi connectivity index (χ1n) is 9.78. The lowest BCUT2D eigenvalue weighted by Crippen LogP contribution is -2.26. The number of rotatable bonds is 4. The van der Waals surface area contributed by atoms with Crippen molar-refractivity contribution < 1.29 is 9.53 Å². The van der Waals surface area contributed by atoms with Crippen LogP contribution in [-0.2, 0) is 17.6 Å². The average Bonchev–Trinajstić information content (AvgIpc) is 3.34. The van der Waals surface area contributed by atoms with Crippen LogP contribution in [0.25, 0.3) is 0 Å². The summed E-state index contributed by atoms with van der Waals surface area (Å²) in [5.74, 6) is 2.02. The SMILES string of the molecule is COc1ccc(C2CC2C(=O)Nc2nc3c(s2)CC(C(C)(C)C)CC3)cc1. The van der Waals surface area contributed by atoms with Crippen molar-refractivity contribution in [2.45, 2.75) is 52.4 Å². The molecule has 1 amide bonds. The molecule has 1 N–H and O–H groups in total. The number of nitrogens with zero attached hydrogens (tertiary/aromatic N) is 1. The fourth-order valence-corrected chi connectivity index (χ4v) is 5.16. The largest absolute Gasteiger partial charge is 0.497 e. The molecule has 1 heterocycles. The number of carbonyl (C=O) groups excluding carboxylic acids is 1. The zero-order valence-corrected chi connectivity index (χ0v) is 17.4. The number of ether oxygens (including phenoxy) is 1. The number of aromatic nitrogens is 1. The molecule has 0 bridgehead atoms. The lowest BCUT2D eigenvalue weighted by atomic mass is 9.73. The highest BCUT2D eigenvalue weighted by Crippen LogP contribution is 2.48. The van der Waals surface area contributed by atoms with Gasteiger partial charge in [-0.1, -0.05) is 32.9 Å². The van der Waals surface area contributed by atoms with E-state index in [0.717, 1.165) is 30.1 Å². The molecule has 0 saturated heterocycles. The van der Waals surface area contributed by atoms with E-state index in [2.05, 4.69) is 38.2 Å².